The Bertz CT molecular complexity index is 863. The number of nitrogens with zero attached hydrogens (tertiary/aromatic N) is 1. The Hall–Kier alpha value is -2.86. The molecule has 2 aromatic rings. The van der Waals surface area contributed by atoms with Crippen LogP contribution in [0.15, 0.2) is 36.4 Å². The summed E-state index contributed by atoms with van der Waals surface area (Å²) in [5.41, 5.74) is 2.82. The lowest BCUT2D eigenvalue weighted by atomic mass is 9.97. The smallest absolute Gasteiger partial charge is 0.276 e. The monoisotopic (exact) mass is 368 g/mol. The number of nitrogens with two attached hydrogens (primary N) is 1. The van der Waals surface area contributed by atoms with E-state index in [9.17, 15) is 9.59 Å². The lowest BCUT2D eigenvalue weighted by molar-refractivity contribution is 0.0653. The fraction of sp³-hybridized carbons (Fsp3) is 0.333. The summed E-state index contributed by atoms with van der Waals surface area (Å²) in [7, 11) is 0. The molecule has 1 aliphatic heterocycles. The maximum absolute atomic E-state index is 12.2. The van der Waals surface area contributed by atoms with Crippen molar-refractivity contribution in [2.75, 3.05) is 13.2 Å². The van der Waals surface area contributed by atoms with Crippen molar-refractivity contribution in [3.05, 3.63) is 58.7 Å². The number of rotatable bonds is 8. The molecule has 0 aromatic heterocycles. The number of ether oxygens (including phenoxy) is 2. The first-order valence-corrected chi connectivity index (χ1v) is 9.20. The molecule has 0 aliphatic carbocycles. The van der Waals surface area contributed by atoms with E-state index in [4.69, 9.17) is 15.3 Å². The van der Waals surface area contributed by atoms with Gasteiger partial charge in [-0.05, 0) is 62.4 Å². The highest BCUT2D eigenvalue weighted by Crippen LogP contribution is 2.30. The molecule has 2 amide bonds. The average Bonchev–Trinajstić information content (AvgIpc) is 2.89. The molecular weight excluding hydrogens is 344 g/mol. The van der Waals surface area contributed by atoms with Gasteiger partial charge in [0.2, 0.25) is 0 Å². The van der Waals surface area contributed by atoms with Crippen LogP contribution in [-0.2, 0) is 12.8 Å². The van der Waals surface area contributed by atoms with E-state index in [2.05, 4.69) is 0 Å². The van der Waals surface area contributed by atoms with E-state index in [1.807, 2.05) is 38.1 Å². The molecule has 27 heavy (non-hydrogen) atoms. The van der Waals surface area contributed by atoms with Gasteiger partial charge in [-0.1, -0.05) is 18.2 Å². The van der Waals surface area contributed by atoms with E-state index >= 15 is 0 Å². The van der Waals surface area contributed by atoms with E-state index in [1.54, 1.807) is 12.1 Å². The fourth-order valence-electron chi connectivity index (χ4n) is 3.32. The van der Waals surface area contributed by atoms with Crippen LogP contribution in [0.4, 0.5) is 0 Å². The summed E-state index contributed by atoms with van der Waals surface area (Å²) in [5, 5.41) is 0.689. The predicted octanol–water partition coefficient (Wildman–Crippen LogP) is 3.13. The average molecular weight is 368 g/mol. The van der Waals surface area contributed by atoms with Crippen molar-refractivity contribution in [1.82, 2.24) is 5.01 Å². The number of fused-ring (bicyclic) bond motifs is 1. The van der Waals surface area contributed by atoms with Crippen LogP contribution in [0.1, 0.15) is 52.1 Å². The molecule has 0 atom stereocenters. The Morgan fingerprint density at radius 1 is 0.926 bits per heavy atom. The number of carbonyl (C=O) groups excluding carboxylic acids is 2. The normalized spacial score (nSPS) is 13.1. The van der Waals surface area contributed by atoms with Gasteiger partial charge < -0.3 is 9.47 Å². The van der Waals surface area contributed by atoms with Crippen molar-refractivity contribution < 1.29 is 19.1 Å². The van der Waals surface area contributed by atoms with Crippen LogP contribution >= 0.6 is 0 Å². The summed E-state index contributed by atoms with van der Waals surface area (Å²) in [6.07, 6.45) is 2.35. The molecule has 0 spiro atoms. The van der Waals surface area contributed by atoms with Gasteiger partial charge in [0, 0.05) is 0 Å². The molecule has 0 saturated heterocycles. The van der Waals surface area contributed by atoms with Crippen molar-refractivity contribution in [3.63, 3.8) is 0 Å². The third kappa shape index (κ3) is 3.80. The summed E-state index contributed by atoms with van der Waals surface area (Å²) in [4.78, 5) is 24.2. The summed E-state index contributed by atoms with van der Waals surface area (Å²) >= 11 is 0. The van der Waals surface area contributed by atoms with Crippen LogP contribution in [0.5, 0.6) is 11.5 Å². The molecule has 0 unspecified atom stereocenters. The lowest BCUT2D eigenvalue weighted by Gasteiger charge is -2.12. The molecule has 2 aromatic carbocycles. The topological polar surface area (TPSA) is 81.9 Å². The maximum Gasteiger partial charge on any atom is 0.276 e. The zero-order chi connectivity index (χ0) is 19.4. The molecule has 0 bridgehead atoms. The number of benzene rings is 2. The second kappa shape index (κ2) is 8.22. The molecule has 0 radical (unpaired) electrons. The molecule has 3 rings (SSSR count). The van der Waals surface area contributed by atoms with Crippen molar-refractivity contribution in [2.24, 2.45) is 5.84 Å². The van der Waals surface area contributed by atoms with Gasteiger partial charge in [-0.3, -0.25) is 9.59 Å². The first-order chi connectivity index (χ1) is 13.1. The number of hydrazine groups is 1. The highest BCUT2D eigenvalue weighted by Gasteiger charge is 2.35. The first kappa shape index (κ1) is 18.9. The van der Waals surface area contributed by atoms with Crippen molar-refractivity contribution in [3.8, 4) is 11.5 Å². The molecule has 2 N–H and O–H groups in total. The van der Waals surface area contributed by atoms with E-state index in [0.29, 0.717) is 35.8 Å². The van der Waals surface area contributed by atoms with Gasteiger partial charge in [0.1, 0.15) is 0 Å². The van der Waals surface area contributed by atoms with Gasteiger partial charge >= 0.3 is 0 Å². The minimum atomic E-state index is -0.440. The number of aryl methyl sites for hydroxylation is 2. The molecule has 142 valence electrons. The molecule has 1 aliphatic rings. The molecule has 6 heteroatoms. The van der Waals surface area contributed by atoms with Gasteiger partial charge in [-0.25, -0.2) is 10.9 Å². The Balaban J connectivity index is 1.70. The van der Waals surface area contributed by atoms with Crippen molar-refractivity contribution in [1.29, 1.82) is 0 Å². The number of imide groups is 1. The van der Waals surface area contributed by atoms with E-state index in [1.165, 1.54) is 0 Å². The van der Waals surface area contributed by atoms with Crippen LogP contribution in [0, 0.1) is 0 Å². The Labute approximate surface area is 158 Å². The lowest BCUT2D eigenvalue weighted by Crippen LogP contribution is -2.36. The van der Waals surface area contributed by atoms with Gasteiger partial charge in [-0.2, -0.15) is 0 Å². The van der Waals surface area contributed by atoms with Crippen molar-refractivity contribution in [2.45, 2.75) is 33.1 Å². The third-order valence-corrected chi connectivity index (χ3v) is 4.55. The standard InChI is InChI=1S/C21H24N2O4/c1-3-26-17-12-11-14(13-18(17)27-4-2)7-5-8-15-9-6-10-16-19(15)21(25)23(22)20(16)24/h6,9-13H,3-5,7-8,22H2,1-2H3. The first-order valence-electron chi connectivity index (χ1n) is 9.20. The number of hydrogen-bond acceptors (Lipinski definition) is 5. The zero-order valence-corrected chi connectivity index (χ0v) is 15.7. The number of carbonyl (C=O) groups is 2. The highest BCUT2D eigenvalue weighted by atomic mass is 16.5. The highest BCUT2D eigenvalue weighted by molar-refractivity contribution is 6.21. The second-order valence-corrected chi connectivity index (χ2v) is 6.32. The second-order valence-electron chi connectivity index (χ2n) is 6.32. The molecule has 1 heterocycles. The van der Waals surface area contributed by atoms with Crippen LogP contribution in [0.2, 0.25) is 0 Å². The van der Waals surface area contributed by atoms with Gasteiger partial charge in [0.15, 0.2) is 11.5 Å². The molecule has 0 saturated carbocycles. The van der Waals surface area contributed by atoms with Crippen LogP contribution in [0.25, 0.3) is 0 Å². The summed E-state index contributed by atoms with van der Waals surface area (Å²) in [5.74, 6) is 6.18. The van der Waals surface area contributed by atoms with Gasteiger partial charge in [-0.15, -0.1) is 0 Å². The Morgan fingerprint density at radius 2 is 1.67 bits per heavy atom. The van der Waals surface area contributed by atoms with E-state index in [0.717, 1.165) is 35.5 Å². The minimum absolute atomic E-state index is 0.389. The van der Waals surface area contributed by atoms with E-state index < -0.39 is 11.8 Å². The predicted molar refractivity (Wildman–Crippen MR) is 102 cm³/mol. The Kier molecular flexibility index (Phi) is 5.76. The fourth-order valence-corrected chi connectivity index (χ4v) is 3.32. The molecule has 0 fully saturated rings. The summed E-state index contributed by atoms with van der Waals surface area (Å²) in [6, 6.07) is 11.3. The van der Waals surface area contributed by atoms with Crippen LogP contribution in [0.3, 0.4) is 0 Å². The van der Waals surface area contributed by atoms with Crippen LogP contribution in [-0.4, -0.2) is 30.0 Å². The maximum atomic E-state index is 12.2. The Morgan fingerprint density at radius 3 is 2.41 bits per heavy atom. The summed E-state index contributed by atoms with van der Waals surface area (Å²) < 4.78 is 11.3. The molecular formula is C21H24N2O4. The molecule has 6 nitrogen and oxygen atoms in total. The zero-order valence-electron chi connectivity index (χ0n) is 15.7. The number of hydrogen-bond donors (Lipinski definition) is 1. The summed E-state index contributed by atoms with van der Waals surface area (Å²) in [6.45, 7) is 5.04. The quantitative estimate of drug-likeness (QED) is 0.440. The van der Waals surface area contributed by atoms with Crippen LogP contribution < -0.4 is 15.3 Å². The third-order valence-electron chi connectivity index (χ3n) is 4.55. The largest absolute Gasteiger partial charge is 0.490 e. The number of amides is 2. The van der Waals surface area contributed by atoms with Crippen molar-refractivity contribution >= 4 is 11.8 Å². The van der Waals surface area contributed by atoms with Gasteiger partial charge in [0.05, 0.1) is 24.3 Å². The van der Waals surface area contributed by atoms with Gasteiger partial charge in [0.25, 0.3) is 11.8 Å². The SMILES string of the molecule is CCOc1ccc(CCCc2cccc3c2C(=O)N(N)C3=O)cc1OCC. The van der Waals surface area contributed by atoms with E-state index in [-0.39, 0.29) is 0 Å². The minimum Gasteiger partial charge on any atom is -0.490 e.